The molecule has 3 aromatic carbocycles. The van der Waals surface area contributed by atoms with Crippen molar-refractivity contribution in [1.82, 2.24) is 10.2 Å². The summed E-state index contributed by atoms with van der Waals surface area (Å²) >= 11 is 0. The molecule has 210 valence electrons. The third kappa shape index (κ3) is 7.09. The second-order valence-electron chi connectivity index (χ2n) is 10.6. The first-order valence-corrected chi connectivity index (χ1v) is 14.5. The average Bonchev–Trinajstić information content (AvgIpc) is 3.00. The number of fused-ring (bicyclic) bond motifs is 1. The van der Waals surface area contributed by atoms with Crippen LogP contribution in [0.25, 0.3) is 0 Å². The van der Waals surface area contributed by atoms with E-state index in [0.29, 0.717) is 23.4 Å². The molecule has 2 amide bonds. The summed E-state index contributed by atoms with van der Waals surface area (Å²) in [5.41, 5.74) is 6.56. The normalized spacial score (nSPS) is 15.4. The fraction of sp³-hybridized carbons (Fsp3) is 0.394. The van der Waals surface area contributed by atoms with E-state index in [1.54, 1.807) is 0 Å². The summed E-state index contributed by atoms with van der Waals surface area (Å²) in [6.07, 6.45) is 4.23. The van der Waals surface area contributed by atoms with E-state index in [0.717, 1.165) is 77.3 Å². The molecule has 0 saturated carbocycles. The third-order valence-corrected chi connectivity index (χ3v) is 7.82. The molecule has 0 spiro atoms. The van der Waals surface area contributed by atoms with E-state index in [2.05, 4.69) is 51.6 Å². The lowest BCUT2D eigenvalue weighted by Gasteiger charge is -2.32. The number of benzene rings is 3. The molecule has 2 N–H and O–H groups in total. The van der Waals surface area contributed by atoms with Gasteiger partial charge in [0, 0.05) is 56.2 Å². The van der Waals surface area contributed by atoms with Crippen molar-refractivity contribution in [3.05, 3.63) is 94.5 Å². The van der Waals surface area contributed by atoms with Crippen molar-refractivity contribution in [2.75, 3.05) is 56.2 Å². The Morgan fingerprint density at radius 3 is 2.45 bits per heavy atom. The highest BCUT2D eigenvalue weighted by Gasteiger charge is 2.22. The van der Waals surface area contributed by atoms with E-state index >= 15 is 0 Å². The number of hydrogen-bond acceptors (Lipinski definition) is 5. The molecule has 0 aliphatic carbocycles. The average molecular weight is 541 g/mol. The molecule has 2 aliphatic heterocycles. The van der Waals surface area contributed by atoms with Crippen LogP contribution >= 0.6 is 0 Å². The zero-order valence-corrected chi connectivity index (χ0v) is 23.5. The lowest BCUT2D eigenvalue weighted by molar-refractivity contribution is 0.0383. The number of carbonyl (C=O) groups excluding carboxylic acids is 2. The van der Waals surface area contributed by atoms with Gasteiger partial charge in [0.2, 0.25) is 0 Å². The Balaban J connectivity index is 1.32. The molecule has 0 atom stereocenters. The molecular formula is C33H40N4O3. The van der Waals surface area contributed by atoms with Crippen molar-refractivity contribution >= 4 is 23.2 Å². The highest BCUT2D eigenvalue weighted by Crippen LogP contribution is 2.30. The van der Waals surface area contributed by atoms with Gasteiger partial charge >= 0.3 is 0 Å². The number of rotatable bonds is 10. The minimum atomic E-state index is -0.180. The molecule has 7 nitrogen and oxygen atoms in total. The van der Waals surface area contributed by atoms with Crippen LogP contribution in [0.5, 0.6) is 0 Å². The van der Waals surface area contributed by atoms with Gasteiger partial charge in [-0.25, -0.2) is 0 Å². The van der Waals surface area contributed by atoms with Gasteiger partial charge in [-0.05, 0) is 66.3 Å². The van der Waals surface area contributed by atoms with Crippen LogP contribution in [0.3, 0.4) is 0 Å². The summed E-state index contributed by atoms with van der Waals surface area (Å²) < 4.78 is 5.43. The lowest BCUT2D eigenvalue weighted by Crippen LogP contribution is -2.41. The van der Waals surface area contributed by atoms with Crippen LogP contribution in [0.2, 0.25) is 0 Å². The number of nitrogens with one attached hydrogen (secondary N) is 2. The topological polar surface area (TPSA) is 73.9 Å². The summed E-state index contributed by atoms with van der Waals surface area (Å²) in [5.74, 6) is -0.307. The molecule has 0 aromatic heterocycles. The molecule has 5 rings (SSSR count). The summed E-state index contributed by atoms with van der Waals surface area (Å²) in [4.78, 5) is 31.2. The maximum atomic E-state index is 13.5. The SMILES string of the molecule is CCCCc1ccc(C(=O)Nc2ccc(N3CCc4ccccc4C3)c(C(=O)NCCN3CCOCC3)c2)cc1. The minimum absolute atomic E-state index is 0.126. The molecule has 2 aliphatic rings. The van der Waals surface area contributed by atoms with Crippen LogP contribution in [0, 0.1) is 0 Å². The molecule has 1 fully saturated rings. The number of amides is 2. The van der Waals surface area contributed by atoms with Gasteiger partial charge in [-0.1, -0.05) is 49.7 Å². The molecule has 3 aromatic rings. The van der Waals surface area contributed by atoms with Gasteiger partial charge in [-0.2, -0.15) is 0 Å². The molecule has 40 heavy (non-hydrogen) atoms. The second-order valence-corrected chi connectivity index (χ2v) is 10.6. The third-order valence-electron chi connectivity index (χ3n) is 7.82. The van der Waals surface area contributed by atoms with Gasteiger partial charge in [0.15, 0.2) is 0 Å². The fourth-order valence-corrected chi connectivity index (χ4v) is 5.43. The highest BCUT2D eigenvalue weighted by molar-refractivity contribution is 6.06. The number of morpholine rings is 1. The number of nitrogens with zero attached hydrogens (tertiary/aromatic N) is 2. The van der Waals surface area contributed by atoms with Crippen molar-refractivity contribution in [1.29, 1.82) is 0 Å². The first-order chi connectivity index (χ1) is 19.6. The van der Waals surface area contributed by atoms with Gasteiger partial charge < -0.3 is 20.3 Å². The van der Waals surface area contributed by atoms with Crippen molar-refractivity contribution in [2.24, 2.45) is 0 Å². The Hall–Kier alpha value is -3.68. The summed E-state index contributed by atoms with van der Waals surface area (Å²) in [6, 6.07) is 22.0. The lowest BCUT2D eigenvalue weighted by atomic mass is 9.98. The van der Waals surface area contributed by atoms with Crippen molar-refractivity contribution in [3.8, 4) is 0 Å². The van der Waals surface area contributed by atoms with Crippen molar-refractivity contribution in [2.45, 2.75) is 39.2 Å². The maximum absolute atomic E-state index is 13.5. The van der Waals surface area contributed by atoms with Crippen LogP contribution in [0.1, 0.15) is 57.2 Å². The summed E-state index contributed by atoms with van der Waals surface area (Å²) in [5, 5.41) is 6.13. The highest BCUT2D eigenvalue weighted by atomic mass is 16.5. The largest absolute Gasteiger partial charge is 0.379 e. The van der Waals surface area contributed by atoms with Gasteiger partial charge in [-0.3, -0.25) is 14.5 Å². The van der Waals surface area contributed by atoms with E-state index in [4.69, 9.17) is 4.74 Å². The Kier molecular flexibility index (Phi) is 9.47. The van der Waals surface area contributed by atoms with Crippen LogP contribution < -0.4 is 15.5 Å². The molecule has 0 unspecified atom stereocenters. The Labute approximate surface area is 237 Å². The predicted octanol–water partition coefficient (Wildman–Crippen LogP) is 4.91. The van der Waals surface area contributed by atoms with E-state index in [-0.39, 0.29) is 11.8 Å². The predicted molar refractivity (Wildman–Crippen MR) is 160 cm³/mol. The molecule has 2 heterocycles. The Morgan fingerprint density at radius 1 is 0.900 bits per heavy atom. The zero-order valence-electron chi connectivity index (χ0n) is 23.5. The maximum Gasteiger partial charge on any atom is 0.255 e. The molecule has 7 heteroatoms. The quantitative estimate of drug-likeness (QED) is 0.383. The number of unbranched alkanes of at least 4 members (excludes halogenated alkanes) is 1. The summed E-state index contributed by atoms with van der Waals surface area (Å²) in [6.45, 7) is 8.34. The number of hydrogen-bond donors (Lipinski definition) is 2. The van der Waals surface area contributed by atoms with E-state index < -0.39 is 0 Å². The van der Waals surface area contributed by atoms with Gasteiger partial charge in [0.25, 0.3) is 11.8 Å². The van der Waals surface area contributed by atoms with E-state index in [1.807, 2.05) is 42.5 Å². The van der Waals surface area contributed by atoms with Crippen LogP contribution in [-0.2, 0) is 24.1 Å². The first kappa shape index (κ1) is 27.9. The molecule has 0 bridgehead atoms. The van der Waals surface area contributed by atoms with Crippen molar-refractivity contribution in [3.63, 3.8) is 0 Å². The second kappa shape index (κ2) is 13.6. The number of carbonyl (C=O) groups is 2. The Morgan fingerprint density at radius 2 is 1.68 bits per heavy atom. The molecule has 0 radical (unpaired) electrons. The van der Waals surface area contributed by atoms with Crippen LogP contribution in [-0.4, -0.2) is 62.7 Å². The van der Waals surface area contributed by atoms with Gasteiger partial charge in [0.05, 0.1) is 18.8 Å². The smallest absolute Gasteiger partial charge is 0.255 e. The first-order valence-electron chi connectivity index (χ1n) is 14.5. The molecular weight excluding hydrogens is 500 g/mol. The number of anilines is 2. The monoisotopic (exact) mass is 540 g/mol. The fourth-order valence-electron chi connectivity index (χ4n) is 5.43. The van der Waals surface area contributed by atoms with Crippen LogP contribution in [0.15, 0.2) is 66.7 Å². The van der Waals surface area contributed by atoms with Crippen molar-refractivity contribution < 1.29 is 14.3 Å². The van der Waals surface area contributed by atoms with Gasteiger partial charge in [-0.15, -0.1) is 0 Å². The standard InChI is InChI=1S/C33H40N4O3/c1-2-3-6-25-9-11-27(12-10-25)32(38)35-29-13-14-31(37-17-15-26-7-4-5-8-28(26)24-37)30(23-29)33(39)34-16-18-36-19-21-40-22-20-36/h4-5,7-14,23H,2-3,6,15-22,24H2,1H3,(H,34,39)(H,35,38). The van der Waals surface area contributed by atoms with E-state index in [9.17, 15) is 9.59 Å². The van der Waals surface area contributed by atoms with E-state index in [1.165, 1.54) is 16.7 Å². The minimum Gasteiger partial charge on any atom is -0.379 e. The zero-order chi connectivity index (χ0) is 27.7. The Bertz CT molecular complexity index is 1300. The van der Waals surface area contributed by atoms with Gasteiger partial charge in [0.1, 0.15) is 0 Å². The number of aryl methyl sites for hydroxylation is 1. The number of ether oxygens (including phenoxy) is 1. The summed E-state index contributed by atoms with van der Waals surface area (Å²) in [7, 11) is 0. The molecule has 1 saturated heterocycles. The van der Waals surface area contributed by atoms with Crippen LogP contribution in [0.4, 0.5) is 11.4 Å².